The minimum atomic E-state index is -3.17. The number of ketones is 1. The van der Waals surface area contributed by atoms with Crippen molar-refractivity contribution in [2.24, 2.45) is 5.89 Å². The lowest BCUT2D eigenvalue weighted by Gasteiger charge is -2.57. The predicted octanol–water partition coefficient (Wildman–Crippen LogP) is 1.93. The molecule has 0 amide bonds. The van der Waals surface area contributed by atoms with Gasteiger partial charge in [0.2, 0.25) is 0 Å². The van der Waals surface area contributed by atoms with E-state index < -0.39 is 105 Å². The monoisotopic (exact) mass is 313 g/mol. The Balaban J connectivity index is 1.98. The summed E-state index contributed by atoms with van der Waals surface area (Å²) in [7, 11) is -3.17. The van der Waals surface area contributed by atoms with Gasteiger partial charge in [-0.1, -0.05) is 6.04 Å². The van der Waals surface area contributed by atoms with Crippen molar-refractivity contribution in [1.82, 2.24) is 4.90 Å². The second-order valence-corrected chi connectivity index (χ2v) is 5.80. The van der Waals surface area contributed by atoms with Gasteiger partial charge in [-0.3, -0.25) is 4.79 Å². The molecule has 4 aliphatic rings. The van der Waals surface area contributed by atoms with Gasteiger partial charge in [-0.25, -0.2) is 0 Å². The molecule has 1 saturated heterocycles. The molecule has 22 heavy (non-hydrogen) atoms. The Hall–Kier alpha value is -1.55. The highest BCUT2D eigenvalue weighted by molar-refractivity contribution is 5.89. The van der Waals surface area contributed by atoms with Crippen LogP contribution in [0, 0.1) is 5.89 Å². The number of hydrogen-bond donors (Lipinski definition) is 0. The number of rotatable bonds is 1. The van der Waals surface area contributed by atoms with Gasteiger partial charge < -0.3 is 14.4 Å². The molecule has 1 unspecified atom stereocenters. The smallest absolute Gasteiger partial charge is 0.174 e. The molecule has 5 rings (SSSR count). The van der Waals surface area contributed by atoms with Crippen LogP contribution in [0.4, 0.5) is 0 Å². The topological polar surface area (TPSA) is 38.8 Å². The van der Waals surface area contributed by atoms with Crippen LogP contribution in [-0.2, 0) is 16.6 Å². The van der Waals surface area contributed by atoms with E-state index in [-0.39, 0.29) is 5.56 Å². The predicted molar refractivity (Wildman–Crippen MR) is 81.6 cm³/mol. The molecule has 2 fully saturated rings. The molecule has 4 atom stereocenters. The Morgan fingerprint density at radius 3 is 3.45 bits per heavy atom. The number of Topliss-reactive ketones (excluding diaryl/α,β-unsaturated/α-hetero) is 1. The molecule has 1 aromatic carbocycles. The molecule has 0 aromatic heterocycles. The molecule has 4 nitrogen and oxygen atoms in total. The highest BCUT2D eigenvalue weighted by atomic mass is 16.5. The molecular weight excluding hydrogens is 278 g/mol. The Morgan fingerprint density at radius 1 is 1.64 bits per heavy atom. The van der Waals surface area contributed by atoms with E-state index in [2.05, 4.69) is 0 Å². The highest BCUT2D eigenvalue weighted by Crippen LogP contribution is 2.62. The summed E-state index contributed by atoms with van der Waals surface area (Å²) in [6.07, 6.45) is -10.1. The number of likely N-dealkylation sites (N-methyl/N-ethyl adjacent to an activating group) is 1. The van der Waals surface area contributed by atoms with Crippen molar-refractivity contribution in [1.29, 1.82) is 0 Å². The maximum absolute atomic E-state index is 13.4. The van der Waals surface area contributed by atoms with Crippen LogP contribution in [0.3, 0.4) is 0 Å². The molecular formula is C18H21NO3. The summed E-state index contributed by atoms with van der Waals surface area (Å²) in [6.45, 7) is -3.38. The summed E-state index contributed by atoms with van der Waals surface area (Å²) < 4.78 is 127. The molecule has 1 aromatic rings. The van der Waals surface area contributed by atoms with E-state index in [1.165, 1.54) is 0 Å². The molecule has 116 valence electrons. The Labute approximate surface area is 150 Å². The van der Waals surface area contributed by atoms with Gasteiger partial charge in [0, 0.05) is 34.4 Å². The summed E-state index contributed by atoms with van der Waals surface area (Å²) in [6, 6.07) is -3.74. The first kappa shape index (κ1) is 5.23. The van der Waals surface area contributed by atoms with Crippen LogP contribution in [0.5, 0.6) is 11.5 Å². The summed E-state index contributed by atoms with van der Waals surface area (Å²) in [5.74, 6) is -5.41. The average molecular weight is 313 g/mol. The van der Waals surface area contributed by atoms with E-state index in [0.29, 0.717) is 4.90 Å². The van der Waals surface area contributed by atoms with Crippen molar-refractivity contribution in [3.8, 4) is 11.5 Å². The van der Waals surface area contributed by atoms with Gasteiger partial charge in [0.25, 0.3) is 0 Å². The van der Waals surface area contributed by atoms with Gasteiger partial charge in [-0.05, 0) is 50.2 Å². The van der Waals surface area contributed by atoms with Gasteiger partial charge in [0.1, 0.15) is 0 Å². The van der Waals surface area contributed by atoms with Crippen LogP contribution in [0.25, 0.3) is 0 Å². The van der Waals surface area contributed by atoms with Crippen LogP contribution in [-0.4, -0.2) is 43.4 Å². The zero-order valence-corrected chi connectivity index (χ0v) is 11.4. The quantitative estimate of drug-likeness (QED) is 0.794. The van der Waals surface area contributed by atoms with E-state index in [1.54, 1.807) is 0 Å². The number of hydrogen-bond acceptors (Lipinski definition) is 4. The SMILES string of the molecule is [2H]c1c([2H])c2c3c(c1OC([2H])([2H])[2H])OC1([2H])C(=O)C([2H])([2H])C[C@@]4([2H])[C@H](N(C([2H])([2H])[2H])CC[C@]314)C2([2H])[2H]. The van der Waals surface area contributed by atoms with Gasteiger partial charge in [0.15, 0.2) is 23.4 Å². The summed E-state index contributed by atoms with van der Waals surface area (Å²) >= 11 is 0. The van der Waals surface area contributed by atoms with Crippen LogP contribution >= 0.6 is 0 Å². The third kappa shape index (κ3) is 1.27. The molecule has 2 aliphatic carbocycles. The molecule has 0 N–H and O–H groups in total. The largest absolute Gasteiger partial charge is 0.493 e. The standard InChI is InChI=1S/C18H21NO3/c1-19-8-7-18-11-4-5-13(20)17(18)22-16-14(21-2)6-3-10(15(16)18)9-12(11)19/h3,6,11-12,17H,4-5,7-9H2,1-2H3/t11-,12+,17?,18-/m0/s1/i1D3,2D3,3D,5D2,6D,9D2,11D,17D. The number of ether oxygens (including phenoxy) is 2. The number of nitrogens with zero attached hydrogens (tertiary/aromatic N) is 1. The second-order valence-electron chi connectivity index (χ2n) is 5.80. The molecule has 2 aliphatic heterocycles. The van der Waals surface area contributed by atoms with Crippen LogP contribution < -0.4 is 9.47 Å². The minimum absolute atomic E-state index is 0.372. The maximum Gasteiger partial charge on any atom is 0.174 e. The highest BCUT2D eigenvalue weighted by Gasteiger charge is 2.65. The normalized spacial score (nSPS) is 60.2. The van der Waals surface area contributed by atoms with Gasteiger partial charge in [-0.15, -0.1) is 0 Å². The maximum atomic E-state index is 13.4. The van der Waals surface area contributed by atoms with Crippen LogP contribution in [0.2, 0.25) is 0 Å². The summed E-state index contributed by atoms with van der Waals surface area (Å²) in [5.41, 5.74) is -3.13. The van der Waals surface area contributed by atoms with Gasteiger partial charge in [0.05, 0.1) is 15.3 Å². The zero-order valence-electron chi connectivity index (χ0n) is 25.4. The molecule has 2 heterocycles. The third-order valence-corrected chi connectivity index (χ3v) is 4.95. The first-order chi connectivity index (χ1) is 16.1. The van der Waals surface area contributed by atoms with E-state index in [9.17, 15) is 6.17 Å². The lowest BCUT2D eigenvalue weighted by Crippen LogP contribution is -2.65. The van der Waals surface area contributed by atoms with E-state index in [1.807, 2.05) is 0 Å². The van der Waals surface area contributed by atoms with Crippen molar-refractivity contribution in [2.75, 3.05) is 20.6 Å². The summed E-state index contributed by atoms with van der Waals surface area (Å²) in [5, 5.41) is 0. The fraction of sp³-hybridized carbons (Fsp3) is 0.611. The number of carbonyl (C=O) groups is 1. The molecule has 0 radical (unpaired) electrons. The zero-order chi connectivity index (χ0) is 27.2. The van der Waals surface area contributed by atoms with Crippen molar-refractivity contribution in [2.45, 2.75) is 43.1 Å². The number of piperidine rings is 1. The Kier molecular flexibility index (Phi) is 0.962. The van der Waals surface area contributed by atoms with Crippen molar-refractivity contribution in [3.63, 3.8) is 0 Å². The second kappa shape index (κ2) is 4.05. The third-order valence-electron chi connectivity index (χ3n) is 4.95. The van der Waals surface area contributed by atoms with Crippen molar-refractivity contribution >= 4 is 5.78 Å². The van der Waals surface area contributed by atoms with E-state index >= 15 is 0 Å². The number of carbonyl (C=O) groups excluding carboxylic acids is 1. The van der Waals surface area contributed by atoms with Crippen molar-refractivity contribution in [3.05, 3.63) is 23.2 Å². The average Bonchev–Trinajstić information content (AvgIpc) is 2.94. The fourth-order valence-electron chi connectivity index (χ4n) is 4.04. The number of likely N-dealkylation sites (tertiary alicyclic amines) is 1. The lowest BCUT2D eigenvalue weighted by atomic mass is 9.52. The minimum Gasteiger partial charge on any atom is -0.493 e. The van der Waals surface area contributed by atoms with Crippen LogP contribution in [0.1, 0.15) is 49.5 Å². The number of benzene rings is 1. The molecule has 1 spiro atoms. The number of methoxy groups -OCH3 is 1. The molecule has 1 saturated carbocycles. The van der Waals surface area contributed by atoms with Gasteiger partial charge >= 0.3 is 0 Å². The van der Waals surface area contributed by atoms with Crippen molar-refractivity contribution < 1.29 is 33.5 Å². The first-order valence-electron chi connectivity index (χ1n) is 14.0. The Morgan fingerprint density at radius 2 is 2.59 bits per heavy atom. The van der Waals surface area contributed by atoms with E-state index in [0.717, 1.165) is 0 Å². The van der Waals surface area contributed by atoms with Crippen LogP contribution in [0.15, 0.2) is 12.1 Å². The lowest BCUT2D eigenvalue weighted by molar-refractivity contribution is -0.138. The first-order valence-corrected chi connectivity index (χ1v) is 6.96. The van der Waals surface area contributed by atoms with E-state index in [4.69, 9.17) is 27.3 Å². The molecule has 2 bridgehead atoms. The fourth-order valence-corrected chi connectivity index (χ4v) is 4.04. The summed E-state index contributed by atoms with van der Waals surface area (Å²) in [4.78, 5) is 14.1. The Bertz CT molecular complexity index is 1210. The van der Waals surface area contributed by atoms with Gasteiger partial charge in [-0.2, -0.15) is 0 Å². The molecule has 4 heteroatoms.